The normalized spacial score (nSPS) is 11.1. The maximum atomic E-state index is 13.1. The Hall–Kier alpha value is -3.81. The van der Waals surface area contributed by atoms with Gasteiger partial charge in [0.2, 0.25) is 0 Å². The molecule has 0 saturated carbocycles. The van der Waals surface area contributed by atoms with Crippen molar-refractivity contribution in [1.29, 1.82) is 0 Å². The summed E-state index contributed by atoms with van der Waals surface area (Å²) in [4.78, 5) is 25.9. The highest BCUT2D eigenvalue weighted by Gasteiger charge is 2.15. The first kappa shape index (κ1) is 18.5. The highest BCUT2D eigenvalue weighted by atomic mass is 16.2. The Morgan fingerprint density at radius 3 is 2.62 bits per heavy atom. The van der Waals surface area contributed by atoms with Gasteiger partial charge in [0, 0.05) is 29.2 Å². The van der Waals surface area contributed by atoms with E-state index in [1.54, 1.807) is 41.1 Å². The number of hydrogen-bond acceptors (Lipinski definition) is 5. The number of carbonyl (C=O) groups is 1. The van der Waals surface area contributed by atoms with Crippen LogP contribution in [0, 0.1) is 5.92 Å². The summed E-state index contributed by atoms with van der Waals surface area (Å²) >= 11 is 0. The number of pyridine rings is 1. The molecular weight excluding hydrogens is 368 g/mol. The molecule has 0 spiro atoms. The number of nitrogens with one attached hydrogen (secondary N) is 1. The van der Waals surface area contributed by atoms with E-state index in [9.17, 15) is 9.59 Å². The quantitative estimate of drug-likeness (QED) is 0.567. The third kappa shape index (κ3) is 3.77. The second kappa shape index (κ2) is 7.67. The lowest BCUT2D eigenvalue weighted by molar-refractivity contribution is 0.102. The molecule has 4 aromatic rings. The van der Waals surface area contributed by atoms with Crippen LogP contribution in [0.15, 0.2) is 65.8 Å². The lowest BCUT2D eigenvalue weighted by Gasteiger charge is -2.14. The molecule has 0 aliphatic heterocycles. The molecule has 8 nitrogen and oxygen atoms in total. The number of fused-ring (bicyclic) bond motifs is 1. The lowest BCUT2D eigenvalue weighted by Crippen LogP contribution is -2.25. The molecule has 0 radical (unpaired) electrons. The lowest BCUT2D eigenvalue weighted by atomic mass is 10.1. The molecule has 2 heterocycles. The molecular formula is C21H20N6O2. The predicted octanol–water partition coefficient (Wildman–Crippen LogP) is 2.89. The molecule has 29 heavy (non-hydrogen) atoms. The number of hydrogen-bond donors (Lipinski definition) is 1. The number of carbonyl (C=O) groups excluding carboxylic acids is 1. The van der Waals surface area contributed by atoms with Gasteiger partial charge in [-0.1, -0.05) is 38.1 Å². The molecule has 4 rings (SSSR count). The summed E-state index contributed by atoms with van der Waals surface area (Å²) in [6.45, 7) is 4.61. The van der Waals surface area contributed by atoms with Crippen LogP contribution < -0.4 is 10.9 Å². The number of aromatic nitrogens is 5. The van der Waals surface area contributed by atoms with Crippen molar-refractivity contribution in [2.75, 3.05) is 5.32 Å². The maximum Gasteiger partial charge on any atom is 0.258 e. The zero-order valence-electron chi connectivity index (χ0n) is 16.1. The third-order valence-corrected chi connectivity index (χ3v) is 4.52. The van der Waals surface area contributed by atoms with E-state index in [1.807, 2.05) is 32.0 Å². The fourth-order valence-corrected chi connectivity index (χ4v) is 3.26. The molecule has 2 aromatic carbocycles. The Labute approximate surface area is 166 Å². The van der Waals surface area contributed by atoms with Gasteiger partial charge in [0.25, 0.3) is 11.5 Å². The number of benzene rings is 2. The van der Waals surface area contributed by atoms with Crippen molar-refractivity contribution in [3.05, 3.63) is 77.0 Å². The molecule has 0 atom stereocenters. The van der Waals surface area contributed by atoms with Crippen LogP contribution >= 0.6 is 0 Å². The highest BCUT2D eigenvalue weighted by Crippen LogP contribution is 2.19. The molecule has 8 heteroatoms. The van der Waals surface area contributed by atoms with Gasteiger partial charge in [-0.25, -0.2) is 4.68 Å². The molecule has 0 saturated heterocycles. The van der Waals surface area contributed by atoms with Crippen molar-refractivity contribution in [1.82, 2.24) is 24.8 Å². The Balaban J connectivity index is 1.73. The van der Waals surface area contributed by atoms with Crippen molar-refractivity contribution >= 4 is 22.4 Å². The Bertz CT molecular complexity index is 1230. The van der Waals surface area contributed by atoms with E-state index in [-0.39, 0.29) is 17.4 Å². The molecule has 0 aliphatic carbocycles. The molecule has 2 aromatic heterocycles. The van der Waals surface area contributed by atoms with Crippen LogP contribution in [0.2, 0.25) is 0 Å². The average molecular weight is 388 g/mol. The van der Waals surface area contributed by atoms with Gasteiger partial charge in [0.15, 0.2) is 0 Å². The SMILES string of the molecule is CC(C)Cn1cc(C(=O)Nc2cccc(-n3cnnn3)c2)c2ccccc2c1=O. The monoisotopic (exact) mass is 388 g/mol. The molecule has 146 valence electrons. The van der Waals surface area contributed by atoms with Gasteiger partial charge < -0.3 is 9.88 Å². The Kier molecular flexibility index (Phi) is 4.90. The molecule has 1 amide bonds. The zero-order valence-corrected chi connectivity index (χ0v) is 16.1. The van der Waals surface area contributed by atoms with E-state index >= 15 is 0 Å². The minimum absolute atomic E-state index is 0.0912. The molecule has 0 bridgehead atoms. The molecule has 0 unspecified atom stereocenters. The number of nitrogens with zero attached hydrogens (tertiary/aromatic N) is 5. The minimum Gasteiger partial charge on any atom is -0.322 e. The molecule has 0 aliphatic rings. The summed E-state index contributed by atoms with van der Waals surface area (Å²) < 4.78 is 3.12. The number of tetrazole rings is 1. The number of anilines is 1. The number of amides is 1. The summed E-state index contributed by atoms with van der Waals surface area (Å²) in [6, 6.07) is 14.4. The fraction of sp³-hybridized carbons (Fsp3) is 0.190. The van der Waals surface area contributed by atoms with Gasteiger partial charge in [0.1, 0.15) is 6.33 Å². The second-order valence-electron chi connectivity index (χ2n) is 7.20. The first-order valence-electron chi connectivity index (χ1n) is 9.30. The summed E-state index contributed by atoms with van der Waals surface area (Å²) in [7, 11) is 0. The summed E-state index contributed by atoms with van der Waals surface area (Å²) in [6.07, 6.45) is 3.13. The van der Waals surface area contributed by atoms with Gasteiger partial charge in [-0.05, 0) is 40.6 Å². The Morgan fingerprint density at radius 2 is 1.90 bits per heavy atom. The Morgan fingerprint density at radius 1 is 1.10 bits per heavy atom. The van der Waals surface area contributed by atoms with Crippen molar-refractivity contribution in [3.63, 3.8) is 0 Å². The summed E-state index contributed by atoms with van der Waals surface area (Å²) in [5.74, 6) is -0.00897. The third-order valence-electron chi connectivity index (χ3n) is 4.52. The fourth-order valence-electron chi connectivity index (χ4n) is 3.26. The van der Waals surface area contributed by atoms with Gasteiger partial charge in [-0.2, -0.15) is 0 Å². The van der Waals surface area contributed by atoms with Crippen molar-refractivity contribution < 1.29 is 4.79 Å². The molecule has 1 N–H and O–H groups in total. The van der Waals surface area contributed by atoms with Crippen LogP contribution in [0.5, 0.6) is 0 Å². The second-order valence-corrected chi connectivity index (χ2v) is 7.20. The van der Waals surface area contributed by atoms with Crippen molar-refractivity contribution in [2.45, 2.75) is 20.4 Å². The highest BCUT2D eigenvalue weighted by molar-refractivity contribution is 6.12. The van der Waals surface area contributed by atoms with Crippen LogP contribution in [-0.4, -0.2) is 30.7 Å². The largest absolute Gasteiger partial charge is 0.322 e. The smallest absolute Gasteiger partial charge is 0.258 e. The van der Waals surface area contributed by atoms with Crippen LogP contribution in [0.4, 0.5) is 5.69 Å². The van der Waals surface area contributed by atoms with E-state index in [4.69, 9.17) is 0 Å². The first-order valence-corrected chi connectivity index (χ1v) is 9.30. The standard InChI is InChI=1S/C21H20N6O2/c1-14(2)11-26-12-19(17-8-3-4-9-18(17)21(26)29)20(28)23-15-6-5-7-16(10-15)27-13-22-24-25-27/h3-10,12-14H,11H2,1-2H3,(H,23,28). The minimum atomic E-state index is -0.285. The maximum absolute atomic E-state index is 13.1. The summed E-state index contributed by atoms with van der Waals surface area (Å²) in [5.41, 5.74) is 1.69. The molecule has 0 fully saturated rings. The first-order chi connectivity index (χ1) is 14.0. The van der Waals surface area contributed by atoms with Crippen LogP contribution in [0.1, 0.15) is 24.2 Å². The van der Waals surface area contributed by atoms with Gasteiger partial charge in [-0.3, -0.25) is 9.59 Å². The van der Waals surface area contributed by atoms with Gasteiger partial charge in [-0.15, -0.1) is 5.10 Å². The van der Waals surface area contributed by atoms with Crippen LogP contribution in [0.25, 0.3) is 16.5 Å². The summed E-state index contributed by atoms with van der Waals surface area (Å²) in [5, 5.41) is 15.2. The van der Waals surface area contributed by atoms with Gasteiger partial charge in [0.05, 0.1) is 11.3 Å². The van der Waals surface area contributed by atoms with Gasteiger partial charge >= 0.3 is 0 Å². The number of rotatable bonds is 5. The van der Waals surface area contributed by atoms with E-state index in [1.165, 1.54) is 11.0 Å². The average Bonchev–Trinajstić information content (AvgIpc) is 3.25. The zero-order chi connectivity index (χ0) is 20.4. The van der Waals surface area contributed by atoms with E-state index in [0.717, 1.165) is 5.69 Å². The van der Waals surface area contributed by atoms with E-state index < -0.39 is 0 Å². The van der Waals surface area contributed by atoms with Crippen LogP contribution in [-0.2, 0) is 6.54 Å². The van der Waals surface area contributed by atoms with Crippen molar-refractivity contribution in [2.24, 2.45) is 5.92 Å². The van der Waals surface area contributed by atoms with Crippen LogP contribution in [0.3, 0.4) is 0 Å². The topological polar surface area (TPSA) is 94.7 Å². The van der Waals surface area contributed by atoms with Crippen molar-refractivity contribution in [3.8, 4) is 5.69 Å². The van der Waals surface area contributed by atoms with E-state index in [0.29, 0.717) is 28.6 Å². The predicted molar refractivity (Wildman–Crippen MR) is 110 cm³/mol. The van der Waals surface area contributed by atoms with E-state index in [2.05, 4.69) is 20.8 Å².